The van der Waals surface area contributed by atoms with Crippen LogP contribution < -0.4 is 0 Å². The summed E-state index contributed by atoms with van der Waals surface area (Å²) in [6.45, 7) is 3.48. The molecule has 8 rings (SSSR count). The zero-order valence-electron chi connectivity index (χ0n) is 32.3. The second kappa shape index (κ2) is 17.3. The molecule has 5 aromatic rings. The number of esters is 2. The van der Waals surface area contributed by atoms with Crippen LogP contribution in [0.5, 0.6) is 0 Å². The van der Waals surface area contributed by atoms with E-state index in [2.05, 4.69) is 9.98 Å². The smallest absolute Gasteiger partial charge is 0.333 e. The fourth-order valence-corrected chi connectivity index (χ4v) is 13.0. The highest BCUT2D eigenvalue weighted by atomic mass is 32.2. The summed E-state index contributed by atoms with van der Waals surface area (Å²) in [6.07, 6.45) is 0. The first-order chi connectivity index (χ1) is 30.1. The number of thioether (sulfide) groups is 2. The van der Waals surface area contributed by atoms with Crippen LogP contribution in [-0.4, -0.2) is 56.7 Å². The van der Waals surface area contributed by atoms with E-state index >= 15 is 9.59 Å². The van der Waals surface area contributed by atoms with Crippen molar-refractivity contribution in [1.82, 2.24) is 9.80 Å². The van der Waals surface area contributed by atoms with Crippen LogP contribution in [0.1, 0.15) is 36.1 Å². The van der Waals surface area contributed by atoms with Crippen molar-refractivity contribution in [3.8, 4) is 34.0 Å². The van der Waals surface area contributed by atoms with E-state index in [1.54, 1.807) is 74.5 Å². The van der Waals surface area contributed by atoms with Crippen molar-refractivity contribution in [3.05, 3.63) is 116 Å². The van der Waals surface area contributed by atoms with E-state index in [4.69, 9.17) is 9.47 Å². The van der Waals surface area contributed by atoms with Gasteiger partial charge < -0.3 is 9.47 Å². The van der Waals surface area contributed by atoms with Gasteiger partial charge >= 0.3 is 11.9 Å². The normalized spacial score (nSPS) is 16.2. The highest BCUT2D eigenvalue weighted by Gasteiger charge is 2.61. The van der Waals surface area contributed by atoms with Crippen molar-refractivity contribution >= 4 is 111 Å². The van der Waals surface area contributed by atoms with Crippen LogP contribution in [0, 0.1) is 45.3 Å². The molecule has 0 atom stereocenters. The Hall–Kier alpha value is -6.84. The summed E-state index contributed by atoms with van der Waals surface area (Å²) in [5, 5.41) is 39.3. The molecule has 62 heavy (non-hydrogen) atoms. The van der Waals surface area contributed by atoms with Gasteiger partial charge in [0.15, 0.2) is 21.2 Å². The molecule has 0 unspecified atom stereocenters. The Labute approximate surface area is 373 Å². The average Bonchev–Trinajstić information content (AvgIpc) is 4.13. The van der Waals surface area contributed by atoms with Gasteiger partial charge in [-0.05, 0) is 60.6 Å². The van der Waals surface area contributed by atoms with E-state index < -0.39 is 29.2 Å². The maximum absolute atomic E-state index is 15.1. The number of hydrogen-bond acceptors (Lipinski definition) is 17. The number of rotatable bonds is 10. The molecule has 14 nitrogen and oxygen atoms in total. The van der Waals surface area contributed by atoms with Gasteiger partial charge in [0, 0.05) is 28.9 Å². The van der Waals surface area contributed by atoms with Crippen molar-refractivity contribution in [1.29, 1.82) is 21.0 Å². The number of ether oxygens (including phenoxy) is 2. The molecule has 2 aromatic carbocycles. The number of hydrogen-bond donors (Lipinski definition) is 0. The molecule has 3 aliphatic rings. The van der Waals surface area contributed by atoms with Gasteiger partial charge in [-0.25, -0.2) is 9.98 Å². The summed E-state index contributed by atoms with van der Waals surface area (Å²) in [5.41, 5.74) is -0.728. The molecule has 0 radical (unpaired) electrons. The van der Waals surface area contributed by atoms with E-state index in [0.717, 1.165) is 46.2 Å². The molecule has 2 aliphatic heterocycles. The molecule has 2 saturated heterocycles. The molecular formula is C43H26N8O6S5. The minimum Gasteiger partial charge on any atom is -0.459 e. The first-order valence-corrected chi connectivity index (χ1v) is 22.6. The van der Waals surface area contributed by atoms with Gasteiger partial charge in [0.1, 0.15) is 57.6 Å². The lowest BCUT2D eigenvalue weighted by Gasteiger charge is -2.26. The lowest BCUT2D eigenvalue weighted by atomic mass is 9.79. The standard InChI is InChI=1S/C43H26N8O6S5/c1-3-50-37(52)35(61-39(50)25(17-44)18-45)48-29-15-27-32(59-29)34-31(33-28(58-34)16-30(60-33)49-36-38(53)51(4-2)40(62-36)26(19-46)20-47)43(27,41(54)56-21-23-11-7-5-8-12-23)42(55)57-22-24-13-9-6-10-14-24/h5-16H,3-4,21-22H2,1-2H3. The first-order valence-electron chi connectivity index (χ1n) is 18.5. The minimum absolute atomic E-state index is 0.000419. The summed E-state index contributed by atoms with van der Waals surface area (Å²) in [6, 6.07) is 28.6. The predicted molar refractivity (Wildman–Crippen MR) is 237 cm³/mol. The Bertz CT molecular complexity index is 2960. The van der Waals surface area contributed by atoms with Crippen LogP contribution in [-0.2, 0) is 47.3 Å². The zero-order chi connectivity index (χ0) is 43.7. The number of nitriles is 4. The third-order valence-electron chi connectivity index (χ3n) is 9.76. The largest absolute Gasteiger partial charge is 0.459 e. The fraction of sp³-hybridized carbons (Fsp3) is 0.163. The zero-order valence-corrected chi connectivity index (χ0v) is 36.4. The number of fused-ring (bicyclic) bond motifs is 5. The van der Waals surface area contributed by atoms with Gasteiger partial charge in [-0.2, -0.15) is 21.0 Å². The Morgan fingerprint density at radius 2 is 1.13 bits per heavy atom. The maximum atomic E-state index is 15.1. The van der Waals surface area contributed by atoms with Crippen molar-refractivity contribution in [3.63, 3.8) is 0 Å². The lowest BCUT2D eigenvalue weighted by molar-refractivity contribution is -0.164. The SMILES string of the molecule is CCN1C(=O)C(=Nc2cc3c(s2)-c2sc4cc(N=C5SC(=C(C#N)C#N)N(CC)C5=O)sc4c2C3(C(=O)OCc2ccccc2)C(=O)OCc2ccccc2)SC1=C(C#N)C#N. The summed E-state index contributed by atoms with van der Waals surface area (Å²) >= 11 is 5.41. The van der Waals surface area contributed by atoms with Crippen LogP contribution >= 0.6 is 57.5 Å². The average molecular weight is 911 g/mol. The Kier molecular flexibility index (Phi) is 11.7. The van der Waals surface area contributed by atoms with Crippen LogP contribution in [0.25, 0.3) is 19.2 Å². The lowest BCUT2D eigenvalue weighted by Crippen LogP contribution is -2.45. The monoisotopic (exact) mass is 910 g/mol. The third kappa shape index (κ3) is 7.06. The number of allylic oxidation sites excluding steroid dienone is 2. The summed E-state index contributed by atoms with van der Waals surface area (Å²) < 4.78 is 13.3. The van der Waals surface area contributed by atoms with E-state index in [0.29, 0.717) is 40.8 Å². The minimum atomic E-state index is -2.19. The number of carbonyl (C=O) groups excluding carboxylic acids is 4. The Morgan fingerprint density at radius 3 is 1.58 bits per heavy atom. The van der Waals surface area contributed by atoms with Crippen molar-refractivity contribution in [2.45, 2.75) is 32.5 Å². The van der Waals surface area contributed by atoms with Gasteiger partial charge in [0.2, 0.25) is 5.41 Å². The molecule has 0 spiro atoms. The molecule has 1 aliphatic carbocycles. The van der Waals surface area contributed by atoms with Gasteiger partial charge in [-0.3, -0.25) is 29.0 Å². The number of carbonyl (C=O) groups is 4. The Morgan fingerprint density at radius 1 is 0.661 bits per heavy atom. The molecule has 5 heterocycles. The Balaban J connectivity index is 1.30. The highest BCUT2D eigenvalue weighted by Crippen LogP contribution is 2.62. The molecule has 2 fully saturated rings. The first kappa shape index (κ1) is 41.9. The summed E-state index contributed by atoms with van der Waals surface area (Å²) in [5.74, 6) is -2.80. The van der Waals surface area contributed by atoms with Crippen LogP contribution in [0.3, 0.4) is 0 Å². The second-order valence-electron chi connectivity index (χ2n) is 13.2. The molecule has 19 heteroatoms. The number of amides is 2. The number of aliphatic imine (C=N–C) groups is 2. The maximum Gasteiger partial charge on any atom is 0.333 e. The molecule has 0 saturated carbocycles. The molecular weight excluding hydrogens is 885 g/mol. The highest BCUT2D eigenvalue weighted by molar-refractivity contribution is 8.20. The summed E-state index contributed by atoms with van der Waals surface area (Å²) in [4.78, 5) is 70.1. The molecule has 0 N–H and O–H groups in total. The van der Waals surface area contributed by atoms with Crippen molar-refractivity contribution in [2.75, 3.05) is 13.1 Å². The molecule has 304 valence electrons. The van der Waals surface area contributed by atoms with Gasteiger partial charge in [0.05, 0.1) is 14.5 Å². The number of nitrogens with zero attached hydrogens (tertiary/aromatic N) is 8. The van der Waals surface area contributed by atoms with E-state index in [-0.39, 0.29) is 68.2 Å². The van der Waals surface area contributed by atoms with Crippen molar-refractivity contribution in [2.24, 2.45) is 9.98 Å². The van der Waals surface area contributed by atoms with Gasteiger partial charge in [0.25, 0.3) is 11.8 Å². The molecule has 2 amide bonds. The number of benzene rings is 2. The predicted octanol–water partition coefficient (Wildman–Crippen LogP) is 8.55. The van der Waals surface area contributed by atoms with E-state index in [1.807, 2.05) is 36.4 Å². The molecule has 3 aromatic heterocycles. The second-order valence-corrected chi connectivity index (χ2v) is 18.3. The quantitative estimate of drug-likeness (QED) is 0.0732. The fourth-order valence-electron chi connectivity index (χ4n) is 6.94. The van der Waals surface area contributed by atoms with Gasteiger partial charge in [-0.1, -0.05) is 60.7 Å². The topological polar surface area (TPSA) is 213 Å². The van der Waals surface area contributed by atoms with Gasteiger partial charge in [-0.15, -0.1) is 34.0 Å². The number of thiophene rings is 3. The third-order valence-corrected chi connectivity index (χ3v) is 15.4. The van der Waals surface area contributed by atoms with Crippen LogP contribution in [0.4, 0.5) is 10.0 Å². The molecule has 0 bridgehead atoms. The van der Waals surface area contributed by atoms with Crippen LogP contribution in [0.15, 0.2) is 104 Å². The van der Waals surface area contributed by atoms with Crippen molar-refractivity contribution < 1.29 is 28.7 Å². The summed E-state index contributed by atoms with van der Waals surface area (Å²) in [7, 11) is 0. The van der Waals surface area contributed by atoms with Crippen LogP contribution in [0.2, 0.25) is 0 Å². The van der Waals surface area contributed by atoms with E-state index in [9.17, 15) is 30.6 Å². The van der Waals surface area contributed by atoms with E-state index in [1.165, 1.54) is 21.1 Å².